The Bertz CT molecular complexity index is 693. The van der Waals surface area contributed by atoms with Gasteiger partial charge < -0.3 is 16.0 Å². The van der Waals surface area contributed by atoms with Gasteiger partial charge in [-0.3, -0.25) is 4.79 Å². The predicted molar refractivity (Wildman–Crippen MR) is 101 cm³/mol. The molecule has 25 heavy (non-hydrogen) atoms. The van der Waals surface area contributed by atoms with Crippen LogP contribution in [0.1, 0.15) is 40.2 Å². The van der Waals surface area contributed by atoms with E-state index in [0.717, 1.165) is 24.5 Å². The largest absolute Gasteiger partial charge is 0.368 e. The number of benzene rings is 1. The van der Waals surface area contributed by atoms with E-state index < -0.39 is 0 Å². The fourth-order valence-electron chi connectivity index (χ4n) is 3.14. The van der Waals surface area contributed by atoms with Gasteiger partial charge in [-0.15, -0.1) is 0 Å². The highest BCUT2D eigenvalue weighted by Crippen LogP contribution is 2.23. The number of rotatable bonds is 6. The maximum absolute atomic E-state index is 12.2. The summed E-state index contributed by atoms with van der Waals surface area (Å²) >= 11 is 0. The van der Waals surface area contributed by atoms with Gasteiger partial charge in [-0.2, -0.15) is 0 Å². The standard InChI is InChI=1S/C20H26N4O/c1-15-8-10-22-19(13-15)23-11-12-24-20(25)17-6-4-16(5-7-17)18-3-2-9-21-14-18/h4-8,10,13,18,21H,2-3,9,11-12,14H2,1H3,(H,22,23)(H,24,25)/t18-/m0/s1. The zero-order valence-corrected chi connectivity index (χ0v) is 14.7. The molecular weight excluding hydrogens is 312 g/mol. The number of nitrogens with one attached hydrogen (secondary N) is 3. The van der Waals surface area contributed by atoms with Crippen molar-refractivity contribution in [2.45, 2.75) is 25.7 Å². The Balaban J connectivity index is 1.44. The molecule has 2 aromatic rings. The minimum atomic E-state index is -0.0349. The van der Waals surface area contributed by atoms with Gasteiger partial charge in [0, 0.05) is 31.4 Å². The number of aromatic nitrogens is 1. The van der Waals surface area contributed by atoms with Gasteiger partial charge in [0.2, 0.25) is 0 Å². The van der Waals surface area contributed by atoms with E-state index in [1.165, 1.54) is 18.4 Å². The zero-order valence-electron chi connectivity index (χ0n) is 14.7. The number of piperidine rings is 1. The number of anilines is 1. The molecule has 0 spiro atoms. The van der Waals surface area contributed by atoms with Crippen molar-refractivity contribution in [1.29, 1.82) is 0 Å². The molecule has 1 aliphatic heterocycles. The summed E-state index contributed by atoms with van der Waals surface area (Å²) in [4.78, 5) is 16.5. The van der Waals surface area contributed by atoms with Gasteiger partial charge in [-0.05, 0) is 67.6 Å². The average Bonchev–Trinajstić information content (AvgIpc) is 2.66. The second kappa shape index (κ2) is 8.62. The van der Waals surface area contributed by atoms with Crippen molar-refractivity contribution >= 4 is 11.7 Å². The molecule has 0 radical (unpaired) electrons. The lowest BCUT2D eigenvalue weighted by atomic mass is 9.91. The lowest BCUT2D eigenvalue weighted by Gasteiger charge is -2.23. The summed E-state index contributed by atoms with van der Waals surface area (Å²) in [5.41, 5.74) is 3.19. The number of carbonyl (C=O) groups excluding carboxylic acids is 1. The van der Waals surface area contributed by atoms with Crippen molar-refractivity contribution in [3.05, 3.63) is 59.3 Å². The Hall–Kier alpha value is -2.40. The van der Waals surface area contributed by atoms with Gasteiger partial charge in [-0.1, -0.05) is 12.1 Å². The Morgan fingerprint density at radius 3 is 2.80 bits per heavy atom. The SMILES string of the molecule is Cc1ccnc(NCCNC(=O)c2ccc([C@H]3CCCNC3)cc2)c1. The second-order valence-electron chi connectivity index (χ2n) is 6.57. The van der Waals surface area contributed by atoms with Crippen molar-refractivity contribution < 1.29 is 4.79 Å². The van der Waals surface area contributed by atoms with Crippen LogP contribution >= 0.6 is 0 Å². The first-order valence-electron chi connectivity index (χ1n) is 8.98. The van der Waals surface area contributed by atoms with Crippen LogP contribution in [0.5, 0.6) is 0 Å². The highest BCUT2D eigenvalue weighted by molar-refractivity contribution is 5.94. The first kappa shape index (κ1) is 17.4. The molecule has 0 saturated carbocycles. The Kier molecular flexibility index (Phi) is 6.01. The number of hydrogen-bond donors (Lipinski definition) is 3. The maximum Gasteiger partial charge on any atom is 0.251 e. The van der Waals surface area contributed by atoms with E-state index in [-0.39, 0.29) is 5.91 Å². The van der Waals surface area contributed by atoms with Gasteiger partial charge in [0.05, 0.1) is 0 Å². The fourth-order valence-corrected chi connectivity index (χ4v) is 3.14. The molecule has 0 aliphatic carbocycles. The summed E-state index contributed by atoms with van der Waals surface area (Å²) in [5, 5.41) is 9.58. The first-order valence-corrected chi connectivity index (χ1v) is 8.98. The Morgan fingerprint density at radius 2 is 2.08 bits per heavy atom. The van der Waals surface area contributed by atoms with Crippen LogP contribution in [-0.2, 0) is 0 Å². The third kappa shape index (κ3) is 5.03. The summed E-state index contributed by atoms with van der Waals surface area (Å²) < 4.78 is 0. The summed E-state index contributed by atoms with van der Waals surface area (Å²) in [6.07, 6.45) is 4.21. The van der Waals surface area contributed by atoms with Gasteiger partial charge in [0.1, 0.15) is 5.82 Å². The van der Waals surface area contributed by atoms with Crippen molar-refractivity contribution in [3.63, 3.8) is 0 Å². The number of hydrogen-bond acceptors (Lipinski definition) is 4. The van der Waals surface area contributed by atoms with Crippen LogP contribution in [0.3, 0.4) is 0 Å². The van der Waals surface area contributed by atoms with E-state index >= 15 is 0 Å². The molecule has 0 unspecified atom stereocenters. The zero-order chi connectivity index (χ0) is 17.5. The van der Waals surface area contributed by atoms with Crippen LogP contribution in [0.4, 0.5) is 5.82 Å². The molecule has 1 amide bonds. The highest BCUT2D eigenvalue weighted by Gasteiger charge is 2.15. The normalized spacial score (nSPS) is 17.1. The molecule has 1 aliphatic rings. The van der Waals surface area contributed by atoms with Crippen molar-refractivity contribution in [3.8, 4) is 0 Å². The fraction of sp³-hybridized carbons (Fsp3) is 0.400. The van der Waals surface area contributed by atoms with Gasteiger partial charge in [0.25, 0.3) is 5.91 Å². The highest BCUT2D eigenvalue weighted by atomic mass is 16.1. The Labute approximate surface area is 149 Å². The number of carbonyl (C=O) groups is 1. The molecule has 1 aromatic carbocycles. The number of amides is 1. The van der Waals surface area contributed by atoms with Crippen LogP contribution in [0, 0.1) is 6.92 Å². The van der Waals surface area contributed by atoms with E-state index in [4.69, 9.17) is 0 Å². The predicted octanol–water partition coefficient (Wildman–Crippen LogP) is 2.70. The topological polar surface area (TPSA) is 66.0 Å². The van der Waals surface area contributed by atoms with E-state index in [0.29, 0.717) is 24.6 Å². The summed E-state index contributed by atoms with van der Waals surface area (Å²) in [7, 11) is 0. The van der Waals surface area contributed by atoms with Crippen molar-refractivity contribution in [2.75, 3.05) is 31.5 Å². The molecule has 2 heterocycles. The van der Waals surface area contributed by atoms with E-state index in [1.807, 2.05) is 31.2 Å². The molecule has 5 heteroatoms. The van der Waals surface area contributed by atoms with Crippen LogP contribution in [0.25, 0.3) is 0 Å². The van der Waals surface area contributed by atoms with Gasteiger partial charge >= 0.3 is 0 Å². The van der Waals surface area contributed by atoms with E-state index in [1.54, 1.807) is 6.20 Å². The molecule has 5 nitrogen and oxygen atoms in total. The van der Waals surface area contributed by atoms with Gasteiger partial charge in [0.15, 0.2) is 0 Å². The summed E-state index contributed by atoms with van der Waals surface area (Å²) in [6, 6.07) is 12.0. The first-order chi connectivity index (χ1) is 12.2. The molecule has 1 aromatic heterocycles. The summed E-state index contributed by atoms with van der Waals surface area (Å²) in [6.45, 7) is 5.38. The molecule has 1 atom stereocenters. The number of aryl methyl sites for hydroxylation is 1. The van der Waals surface area contributed by atoms with Gasteiger partial charge in [-0.25, -0.2) is 4.98 Å². The quantitative estimate of drug-likeness (QED) is 0.709. The lowest BCUT2D eigenvalue weighted by molar-refractivity contribution is 0.0955. The molecule has 132 valence electrons. The Morgan fingerprint density at radius 1 is 1.24 bits per heavy atom. The smallest absolute Gasteiger partial charge is 0.251 e. The molecule has 3 rings (SSSR count). The minimum Gasteiger partial charge on any atom is -0.368 e. The lowest BCUT2D eigenvalue weighted by Crippen LogP contribution is -2.29. The maximum atomic E-state index is 12.2. The molecular formula is C20H26N4O. The average molecular weight is 338 g/mol. The third-order valence-electron chi connectivity index (χ3n) is 4.57. The van der Waals surface area contributed by atoms with Crippen LogP contribution in [0.2, 0.25) is 0 Å². The number of nitrogens with zero attached hydrogens (tertiary/aromatic N) is 1. The molecule has 1 saturated heterocycles. The molecule has 1 fully saturated rings. The molecule has 3 N–H and O–H groups in total. The van der Waals surface area contributed by atoms with Crippen molar-refractivity contribution in [1.82, 2.24) is 15.6 Å². The van der Waals surface area contributed by atoms with E-state index in [2.05, 4.69) is 33.1 Å². The van der Waals surface area contributed by atoms with E-state index in [9.17, 15) is 4.79 Å². The molecule has 0 bridgehead atoms. The summed E-state index contributed by atoms with van der Waals surface area (Å²) in [5.74, 6) is 1.36. The van der Waals surface area contributed by atoms with Crippen LogP contribution in [0.15, 0.2) is 42.6 Å². The second-order valence-corrected chi connectivity index (χ2v) is 6.57. The van der Waals surface area contributed by atoms with Crippen LogP contribution in [-0.4, -0.2) is 37.1 Å². The number of pyridine rings is 1. The van der Waals surface area contributed by atoms with Crippen molar-refractivity contribution in [2.24, 2.45) is 0 Å². The van der Waals surface area contributed by atoms with Crippen LogP contribution < -0.4 is 16.0 Å². The third-order valence-corrected chi connectivity index (χ3v) is 4.57. The minimum absolute atomic E-state index is 0.0349. The monoisotopic (exact) mass is 338 g/mol.